The van der Waals surface area contributed by atoms with Crippen LogP contribution in [0.5, 0.6) is 5.75 Å². The van der Waals surface area contributed by atoms with E-state index in [9.17, 15) is 14.4 Å². The van der Waals surface area contributed by atoms with Crippen LogP contribution in [-0.4, -0.2) is 41.4 Å². The topological polar surface area (TPSA) is 68.6 Å². The summed E-state index contributed by atoms with van der Waals surface area (Å²) in [4.78, 5) is 41.3. The van der Waals surface area contributed by atoms with Crippen molar-refractivity contribution in [1.29, 1.82) is 0 Å². The van der Waals surface area contributed by atoms with Gasteiger partial charge in [-0.3, -0.25) is 19.0 Å². The van der Waals surface area contributed by atoms with Gasteiger partial charge in [-0.25, -0.2) is 0 Å². The van der Waals surface area contributed by atoms with Crippen molar-refractivity contribution in [2.75, 3.05) is 20.2 Å². The Morgan fingerprint density at radius 2 is 1.80 bits per heavy atom. The molecule has 2 aliphatic rings. The zero-order valence-electron chi connectivity index (χ0n) is 17.9. The predicted octanol–water partition coefficient (Wildman–Crippen LogP) is 3.63. The van der Waals surface area contributed by atoms with Gasteiger partial charge in [-0.05, 0) is 61.4 Å². The molecule has 158 valence electrons. The fourth-order valence-corrected chi connectivity index (χ4v) is 4.62. The third kappa shape index (κ3) is 3.66. The minimum Gasteiger partial charge on any atom is -0.497 e. The standard InChI is InChI=1S/C24H28N2O4/c1-24(2)12-5-13-25(15-24)22(28)19-14-18-20(6-4-7-21(18)27)26(23(19)29)16-8-10-17(30-3)11-9-16/h8-11,14H,4-7,12-13,15H2,1-3H3. The van der Waals surface area contributed by atoms with Crippen LogP contribution in [0.3, 0.4) is 0 Å². The molecular formula is C24H28N2O4. The summed E-state index contributed by atoms with van der Waals surface area (Å²) >= 11 is 0. The molecule has 0 atom stereocenters. The third-order valence-corrected chi connectivity index (χ3v) is 6.17. The summed E-state index contributed by atoms with van der Waals surface area (Å²) in [5.41, 5.74) is 1.57. The zero-order chi connectivity index (χ0) is 21.5. The maximum Gasteiger partial charge on any atom is 0.268 e. The first-order valence-corrected chi connectivity index (χ1v) is 10.6. The summed E-state index contributed by atoms with van der Waals surface area (Å²) < 4.78 is 6.77. The van der Waals surface area contributed by atoms with Gasteiger partial charge in [0.25, 0.3) is 11.5 Å². The van der Waals surface area contributed by atoms with E-state index in [-0.39, 0.29) is 28.2 Å². The van der Waals surface area contributed by atoms with Crippen LogP contribution in [0.2, 0.25) is 0 Å². The highest BCUT2D eigenvalue weighted by molar-refractivity contribution is 6.02. The zero-order valence-corrected chi connectivity index (χ0v) is 17.9. The summed E-state index contributed by atoms with van der Waals surface area (Å²) in [6.07, 6.45) is 3.74. The highest BCUT2D eigenvalue weighted by Crippen LogP contribution is 2.30. The quantitative estimate of drug-likeness (QED) is 0.778. The van der Waals surface area contributed by atoms with E-state index >= 15 is 0 Å². The third-order valence-electron chi connectivity index (χ3n) is 6.17. The molecule has 1 fully saturated rings. The first-order chi connectivity index (χ1) is 14.3. The van der Waals surface area contributed by atoms with Gasteiger partial charge in [0.2, 0.25) is 0 Å². The Balaban J connectivity index is 1.85. The molecule has 0 radical (unpaired) electrons. The second-order valence-electron chi connectivity index (χ2n) is 9.03. The number of nitrogens with zero attached hydrogens (tertiary/aromatic N) is 2. The van der Waals surface area contributed by atoms with Crippen molar-refractivity contribution in [3.05, 3.63) is 57.5 Å². The largest absolute Gasteiger partial charge is 0.497 e. The van der Waals surface area contributed by atoms with Crippen molar-refractivity contribution in [3.63, 3.8) is 0 Å². The van der Waals surface area contributed by atoms with E-state index in [1.165, 1.54) is 0 Å². The summed E-state index contributed by atoms with van der Waals surface area (Å²) in [6.45, 7) is 5.52. The van der Waals surface area contributed by atoms with Crippen LogP contribution in [-0.2, 0) is 6.42 Å². The molecule has 0 N–H and O–H groups in total. The van der Waals surface area contributed by atoms with Crippen LogP contribution in [0, 0.1) is 5.41 Å². The van der Waals surface area contributed by atoms with Gasteiger partial charge in [-0.2, -0.15) is 0 Å². The molecule has 1 aliphatic carbocycles. The van der Waals surface area contributed by atoms with E-state index < -0.39 is 0 Å². The van der Waals surface area contributed by atoms with E-state index in [0.29, 0.717) is 55.0 Å². The number of carbonyl (C=O) groups is 2. The molecule has 1 amide bonds. The Hall–Kier alpha value is -2.89. The van der Waals surface area contributed by atoms with E-state index in [4.69, 9.17) is 4.74 Å². The highest BCUT2D eigenvalue weighted by Gasteiger charge is 2.33. The number of piperidine rings is 1. The molecule has 0 spiro atoms. The lowest BCUT2D eigenvalue weighted by atomic mass is 9.84. The Bertz CT molecular complexity index is 1050. The SMILES string of the molecule is COc1ccc(-n2c3c(cc(C(=O)N4CCCC(C)(C)C4)c2=O)C(=O)CCC3)cc1. The van der Waals surface area contributed by atoms with Crippen LogP contribution in [0.15, 0.2) is 35.1 Å². The van der Waals surface area contributed by atoms with Gasteiger partial charge in [0.05, 0.1) is 7.11 Å². The molecule has 6 nitrogen and oxygen atoms in total. The van der Waals surface area contributed by atoms with Gasteiger partial charge >= 0.3 is 0 Å². The second kappa shape index (κ2) is 7.74. The molecule has 0 unspecified atom stereocenters. The van der Waals surface area contributed by atoms with Crippen molar-refractivity contribution >= 4 is 11.7 Å². The summed E-state index contributed by atoms with van der Waals surface area (Å²) in [7, 11) is 1.58. The fourth-order valence-electron chi connectivity index (χ4n) is 4.62. The lowest BCUT2D eigenvalue weighted by Gasteiger charge is -2.38. The lowest BCUT2D eigenvalue weighted by molar-refractivity contribution is 0.0581. The molecule has 6 heteroatoms. The monoisotopic (exact) mass is 408 g/mol. The summed E-state index contributed by atoms with van der Waals surface area (Å²) in [6, 6.07) is 8.68. The number of benzene rings is 1. The van der Waals surface area contributed by atoms with Crippen molar-refractivity contribution in [3.8, 4) is 11.4 Å². The Labute approximate surface area is 176 Å². The molecule has 0 bridgehead atoms. The summed E-state index contributed by atoms with van der Waals surface area (Å²) in [5.74, 6) is 0.391. The van der Waals surface area contributed by atoms with Crippen LogP contribution in [0.1, 0.15) is 65.9 Å². The van der Waals surface area contributed by atoms with Crippen molar-refractivity contribution < 1.29 is 14.3 Å². The van der Waals surface area contributed by atoms with E-state index in [1.54, 1.807) is 46.9 Å². The number of likely N-dealkylation sites (tertiary alicyclic amines) is 1. The second-order valence-corrected chi connectivity index (χ2v) is 9.03. The number of fused-ring (bicyclic) bond motifs is 1. The van der Waals surface area contributed by atoms with Crippen LogP contribution < -0.4 is 10.3 Å². The Morgan fingerprint density at radius 1 is 1.07 bits per heavy atom. The number of amides is 1. The van der Waals surface area contributed by atoms with E-state index in [0.717, 1.165) is 12.8 Å². The molecule has 2 aromatic rings. The molecule has 2 heterocycles. The summed E-state index contributed by atoms with van der Waals surface area (Å²) in [5, 5.41) is 0. The molecule has 1 saturated heterocycles. The van der Waals surface area contributed by atoms with Gasteiger partial charge in [-0.1, -0.05) is 13.8 Å². The van der Waals surface area contributed by atoms with E-state index in [1.807, 2.05) is 0 Å². The minimum atomic E-state index is -0.359. The van der Waals surface area contributed by atoms with Gasteiger partial charge < -0.3 is 9.64 Å². The van der Waals surface area contributed by atoms with Gasteiger partial charge in [0.15, 0.2) is 5.78 Å². The van der Waals surface area contributed by atoms with Gasteiger partial charge in [0.1, 0.15) is 11.3 Å². The number of methoxy groups -OCH3 is 1. The average molecular weight is 408 g/mol. The van der Waals surface area contributed by atoms with Crippen molar-refractivity contribution in [1.82, 2.24) is 9.47 Å². The number of hydrogen-bond donors (Lipinski definition) is 0. The molecule has 1 aromatic heterocycles. The number of hydrogen-bond acceptors (Lipinski definition) is 4. The Kier molecular flexibility index (Phi) is 5.26. The number of ketones is 1. The van der Waals surface area contributed by atoms with Crippen molar-refractivity contribution in [2.45, 2.75) is 46.0 Å². The molecule has 0 saturated carbocycles. The predicted molar refractivity (Wildman–Crippen MR) is 115 cm³/mol. The first-order valence-electron chi connectivity index (χ1n) is 10.6. The molecule has 4 rings (SSSR count). The van der Waals surface area contributed by atoms with E-state index in [2.05, 4.69) is 13.8 Å². The smallest absolute Gasteiger partial charge is 0.268 e. The minimum absolute atomic E-state index is 0.00784. The molecule has 1 aliphatic heterocycles. The number of rotatable bonds is 3. The number of carbonyl (C=O) groups excluding carboxylic acids is 2. The Morgan fingerprint density at radius 3 is 2.47 bits per heavy atom. The highest BCUT2D eigenvalue weighted by atomic mass is 16.5. The van der Waals surface area contributed by atoms with Crippen molar-refractivity contribution in [2.24, 2.45) is 5.41 Å². The van der Waals surface area contributed by atoms with Gasteiger partial charge in [0, 0.05) is 36.5 Å². The maximum atomic E-state index is 13.5. The number of ether oxygens (including phenoxy) is 1. The van der Waals surface area contributed by atoms with Crippen LogP contribution >= 0.6 is 0 Å². The number of pyridine rings is 1. The molecular weight excluding hydrogens is 380 g/mol. The van der Waals surface area contributed by atoms with Gasteiger partial charge in [-0.15, -0.1) is 0 Å². The van der Waals surface area contributed by atoms with Crippen LogP contribution in [0.25, 0.3) is 5.69 Å². The first kappa shape index (κ1) is 20.4. The fraction of sp³-hybridized carbons (Fsp3) is 0.458. The normalized spacial score (nSPS) is 18.1. The average Bonchev–Trinajstić information content (AvgIpc) is 2.72. The molecule has 1 aromatic carbocycles. The van der Waals surface area contributed by atoms with Crippen LogP contribution in [0.4, 0.5) is 0 Å². The molecule has 30 heavy (non-hydrogen) atoms. The number of Topliss-reactive ketones (excluding diaryl/α,β-unsaturated/α-hetero) is 1. The lowest BCUT2D eigenvalue weighted by Crippen LogP contribution is -2.46. The maximum absolute atomic E-state index is 13.5. The number of aromatic nitrogens is 1.